The Morgan fingerprint density at radius 1 is 1.05 bits per heavy atom. The Balaban J connectivity index is 2.97. The number of hydrogen-bond donors (Lipinski definition) is 1. The normalized spacial score (nSPS) is 11.4. The lowest BCUT2D eigenvalue weighted by Gasteiger charge is -2.29. The van der Waals surface area contributed by atoms with Crippen LogP contribution in [0.3, 0.4) is 0 Å². The predicted octanol–water partition coefficient (Wildman–Crippen LogP) is 4.74. The zero-order valence-electron chi connectivity index (χ0n) is 14.0. The van der Waals surface area contributed by atoms with Crippen molar-refractivity contribution in [3.05, 3.63) is 28.8 Å². The molecule has 0 aromatic heterocycles. The SMILES string of the molecule is CC(C)CCN(CCC(C)C)c1cccc(Cl)c1CCN. The van der Waals surface area contributed by atoms with Crippen LogP contribution in [-0.4, -0.2) is 19.6 Å². The van der Waals surface area contributed by atoms with E-state index in [0.29, 0.717) is 18.4 Å². The molecular weight excluding hydrogens is 280 g/mol. The van der Waals surface area contributed by atoms with E-state index < -0.39 is 0 Å². The second-order valence-electron chi connectivity index (χ2n) is 6.63. The van der Waals surface area contributed by atoms with Gasteiger partial charge in [-0.05, 0) is 55.3 Å². The van der Waals surface area contributed by atoms with E-state index in [-0.39, 0.29) is 0 Å². The first kappa shape index (κ1) is 18.3. The molecule has 1 rings (SSSR count). The summed E-state index contributed by atoms with van der Waals surface area (Å²) in [5.74, 6) is 1.42. The molecule has 1 aromatic rings. The van der Waals surface area contributed by atoms with Crippen molar-refractivity contribution >= 4 is 17.3 Å². The fraction of sp³-hybridized carbons (Fsp3) is 0.667. The highest BCUT2D eigenvalue weighted by Gasteiger charge is 2.14. The van der Waals surface area contributed by atoms with E-state index in [2.05, 4.69) is 44.7 Å². The van der Waals surface area contributed by atoms with Crippen molar-refractivity contribution in [2.45, 2.75) is 47.0 Å². The molecule has 0 unspecified atom stereocenters. The molecule has 0 aliphatic heterocycles. The summed E-state index contributed by atoms with van der Waals surface area (Å²) in [4.78, 5) is 2.50. The molecule has 2 N–H and O–H groups in total. The second-order valence-corrected chi connectivity index (χ2v) is 7.04. The zero-order chi connectivity index (χ0) is 15.8. The highest BCUT2D eigenvalue weighted by Crippen LogP contribution is 2.29. The van der Waals surface area contributed by atoms with Crippen molar-refractivity contribution < 1.29 is 0 Å². The quantitative estimate of drug-likeness (QED) is 0.714. The summed E-state index contributed by atoms with van der Waals surface area (Å²) in [5.41, 5.74) is 8.24. The molecule has 0 fully saturated rings. The van der Waals surface area contributed by atoms with Gasteiger partial charge in [0.1, 0.15) is 0 Å². The van der Waals surface area contributed by atoms with Gasteiger partial charge in [0.05, 0.1) is 0 Å². The third-order valence-corrected chi connectivity index (χ3v) is 4.14. The van der Waals surface area contributed by atoms with Gasteiger partial charge in [-0.3, -0.25) is 0 Å². The number of nitrogens with two attached hydrogens (primary N) is 1. The summed E-state index contributed by atoms with van der Waals surface area (Å²) < 4.78 is 0. The van der Waals surface area contributed by atoms with Gasteiger partial charge in [0, 0.05) is 23.8 Å². The van der Waals surface area contributed by atoms with Crippen LogP contribution in [0, 0.1) is 11.8 Å². The summed E-state index contributed by atoms with van der Waals surface area (Å²) in [5, 5.41) is 0.844. The summed E-state index contributed by atoms with van der Waals surface area (Å²) in [6.07, 6.45) is 3.24. The van der Waals surface area contributed by atoms with E-state index >= 15 is 0 Å². The van der Waals surface area contributed by atoms with E-state index in [1.165, 1.54) is 24.1 Å². The molecule has 3 heteroatoms. The van der Waals surface area contributed by atoms with Crippen LogP contribution in [0.25, 0.3) is 0 Å². The van der Waals surface area contributed by atoms with Gasteiger partial charge in [0.25, 0.3) is 0 Å². The standard InChI is InChI=1S/C18H31ClN2/c1-14(2)9-12-21(13-10-15(3)4)18-7-5-6-17(19)16(18)8-11-20/h5-7,14-15H,8-13,20H2,1-4H3. The minimum absolute atomic E-state index is 0.638. The predicted molar refractivity (Wildman–Crippen MR) is 95.3 cm³/mol. The largest absolute Gasteiger partial charge is 0.371 e. The second kappa shape index (κ2) is 9.32. The maximum atomic E-state index is 6.40. The van der Waals surface area contributed by atoms with E-state index in [9.17, 15) is 0 Å². The fourth-order valence-corrected chi connectivity index (χ4v) is 2.68. The van der Waals surface area contributed by atoms with Crippen LogP contribution in [0.1, 0.15) is 46.1 Å². The maximum Gasteiger partial charge on any atom is 0.0459 e. The van der Waals surface area contributed by atoms with Crippen LogP contribution >= 0.6 is 11.6 Å². The first-order chi connectivity index (χ1) is 9.95. The molecule has 0 atom stereocenters. The lowest BCUT2D eigenvalue weighted by molar-refractivity contribution is 0.534. The highest BCUT2D eigenvalue weighted by atomic mass is 35.5. The number of nitrogens with zero attached hydrogens (tertiary/aromatic N) is 1. The fourth-order valence-electron chi connectivity index (χ4n) is 2.42. The Morgan fingerprint density at radius 2 is 1.62 bits per heavy atom. The van der Waals surface area contributed by atoms with E-state index in [0.717, 1.165) is 24.5 Å². The van der Waals surface area contributed by atoms with E-state index in [1.54, 1.807) is 0 Å². The molecule has 0 aliphatic carbocycles. The van der Waals surface area contributed by atoms with Crippen molar-refractivity contribution in [2.24, 2.45) is 17.6 Å². The van der Waals surface area contributed by atoms with Gasteiger partial charge in [-0.2, -0.15) is 0 Å². The van der Waals surface area contributed by atoms with Crippen molar-refractivity contribution in [2.75, 3.05) is 24.5 Å². The topological polar surface area (TPSA) is 29.3 Å². The Morgan fingerprint density at radius 3 is 2.10 bits per heavy atom. The number of hydrogen-bond acceptors (Lipinski definition) is 2. The number of anilines is 1. The number of benzene rings is 1. The van der Waals surface area contributed by atoms with Gasteiger partial charge >= 0.3 is 0 Å². The summed E-state index contributed by atoms with van der Waals surface area (Å²) in [6.45, 7) is 11.9. The molecule has 0 aliphatic rings. The first-order valence-corrected chi connectivity index (χ1v) is 8.55. The van der Waals surface area contributed by atoms with Gasteiger partial charge < -0.3 is 10.6 Å². The van der Waals surface area contributed by atoms with Crippen LogP contribution in [0.5, 0.6) is 0 Å². The van der Waals surface area contributed by atoms with Gasteiger partial charge in [-0.15, -0.1) is 0 Å². The minimum Gasteiger partial charge on any atom is -0.371 e. The van der Waals surface area contributed by atoms with Crippen LogP contribution < -0.4 is 10.6 Å². The van der Waals surface area contributed by atoms with Crippen molar-refractivity contribution in [3.63, 3.8) is 0 Å². The van der Waals surface area contributed by atoms with Crippen LogP contribution in [0.15, 0.2) is 18.2 Å². The average molecular weight is 311 g/mol. The minimum atomic E-state index is 0.638. The van der Waals surface area contributed by atoms with Crippen molar-refractivity contribution in [3.8, 4) is 0 Å². The Labute approximate surface area is 135 Å². The summed E-state index contributed by atoms with van der Waals surface area (Å²) in [6, 6.07) is 6.21. The third-order valence-electron chi connectivity index (χ3n) is 3.78. The van der Waals surface area contributed by atoms with Gasteiger partial charge in [0.15, 0.2) is 0 Å². The van der Waals surface area contributed by atoms with Gasteiger partial charge in [-0.25, -0.2) is 0 Å². The Bertz CT molecular complexity index is 404. The summed E-state index contributed by atoms with van der Waals surface area (Å²) in [7, 11) is 0. The number of rotatable bonds is 9. The van der Waals surface area contributed by atoms with Crippen LogP contribution in [0.4, 0.5) is 5.69 Å². The monoisotopic (exact) mass is 310 g/mol. The third kappa shape index (κ3) is 6.27. The molecule has 0 bridgehead atoms. The molecule has 2 nitrogen and oxygen atoms in total. The first-order valence-electron chi connectivity index (χ1n) is 8.18. The smallest absolute Gasteiger partial charge is 0.0459 e. The Kier molecular flexibility index (Phi) is 8.13. The molecule has 0 radical (unpaired) electrons. The lowest BCUT2D eigenvalue weighted by Crippen LogP contribution is -2.29. The molecular formula is C18H31ClN2. The van der Waals surface area contributed by atoms with Crippen LogP contribution in [0.2, 0.25) is 5.02 Å². The molecule has 0 saturated heterocycles. The van der Waals surface area contributed by atoms with E-state index in [4.69, 9.17) is 17.3 Å². The zero-order valence-corrected chi connectivity index (χ0v) is 14.8. The van der Waals surface area contributed by atoms with Crippen molar-refractivity contribution in [1.82, 2.24) is 0 Å². The lowest BCUT2D eigenvalue weighted by atomic mass is 10.0. The number of halogens is 1. The van der Waals surface area contributed by atoms with Crippen LogP contribution in [-0.2, 0) is 6.42 Å². The molecule has 0 spiro atoms. The van der Waals surface area contributed by atoms with E-state index in [1.807, 2.05) is 6.07 Å². The summed E-state index contributed by atoms with van der Waals surface area (Å²) >= 11 is 6.40. The molecule has 0 heterocycles. The Hall–Kier alpha value is -0.730. The molecule has 1 aromatic carbocycles. The van der Waals surface area contributed by atoms with Crippen molar-refractivity contribution in [1.29, 1.82) is 0 Å². The highest BCUT2D eigenvalue weighted by molar-refractivity contribution is 6.31. The van der Waals surface area contributed by atoms with Gasteiger partial charge in [0.2, 0.25) is 0 Å². The molecule has 0 amide bonds. The average Bonchev–Trinajstić information content (AvgIpc) is 2.41. The molecule has 120 valence electrons. The molecule has 0 saturated carbocycles. The molecule has 21 heavy (non-hydrogen) atoms. The maximum absolute atomic E-state index is 6.40. The van der Waals surface area contributed by atoms with Gasteiger partial charge in [-0.1, -0.05) is 45.4 Å².